The molecule has 1 aromatic carbocycles. The normalized spacial score (nSPS) is 15.5. The quantitative estimate of drug-likeness (QED) is 0.378. The molecule has 0 amide bonds. The molecule has 0 saturated carbocycles. The van der Waals surface area contributed by atoms with Crippen LogP contribution in [-0.4, -0.2) is 37.3 Å². The van der Waals surface area contributed by atoms with E-state index in [1.165, 1.54) is 11.3 Å². The number of furan rings is 1. The van der Waals surface area contributed by atoms with Crippen molar-refractivity contribution in [3.05, 3.63) is 77.1 Å². The molecule has 0 unspecified atom stereocenters. The minimum atomic E-state index is -0.701. The minimum absolute atomic E-state index is 0.215. The number of carbonyl (C=O) groups excluding carboxylic acids is 1. The smallest absolute Gasteiger partial charge is 0.338 e. The van der Waals surface area contributed by atoms with Crippen molar-refractivity contribution in [1.82, 2.24) is 4.57 Å². The topological polar surface area (TPSA) is 86.3 Å². The van der Waals surface area contributed by atoms with E-state index in [1.807, 2.05) is 24.3 Å². The van der Waals surface area contributed by atoms with E-state index in [0.29, 0.717) is 36.6 Å². The largest absolute Gasteiger partial charge is 0.496 e. The molecule has 0 saturated heterocycles. The van der Waals surface area contributed by atoms with Crippen LogP contribution in [0.1, 0.15) is 45.1 Å². The van der Waals surface area contributed by atoms with Crippen LogP contribution in [0.2, 0.25) is 0 Å². The van der Waals surface area contributed by atoms with Crippen LogP contribution in [0.25, 0.3) is 6.08 Å². The monoisotopic (exact) mass is 573 g/mol. The van der Waals surface area contributed by atoms with Gasteiger partial charge < -0.3 is 18.8 Å². The molecule has 36 heavy (non-hydrogen) atoms. The number of anilines is 1. The molecule has 0 radical (unpaired) electrons. The van der Waals surface area contributed by atoms with Gasteiger partial charge in [0.1, 0.15) is 11.5 Å². The maximum absolute atomic E-state index is 13.7. The first-order valence-electron chi connectivity index (χ1n) is 11.7. The van der Waals surface area contributed by atoms with Gasteiger partial charge in [0.05, 0.1) is 40.0 Å². The molecule has 1 aliphatic rings. The molecule has 190 valence electrons. The van der Waals surface area contributed by atoms with Crippen molar-refractivity contribution in [2.75, 3.05) is 31.7 Å². The van der Waals surface area contributed by atoms with E-state index < -0.39 is 12.0 Å². The Balaban J connectivity index is 1.89. The van der Waals surface area contributed by atoms with Gasteiger partial charge in [0, 0.05) is 25.2 Å². The first-order valence-corrected chi connectivity index (χ1v) is 13.3. The second-order valence-corrected chi connectivity index (χ2v) is 9.91. The van der Waals surface area contributed by atoms with Crippen LogP contribution in [0.3, 0.4) is 0 Å². The average Bonchev–Trinajstić information content (AvgIpc) is 3.43. The van der Waals surface area contributed by atoms with Crippen LogP contribution in [0, 0.1) is 0 Å². The van der Waals surface area contributed by atoms with Crippen molar-refractivity contribution < 1.29 is 18.7 Å². The summed E-state index contributed by atoms with van der Waals surface area (Å²) < 4.78 is 19.4. The fourth-order valence-electron chi connectivity index (χ4n) is 4.21. The first kappa shape index (κ1) is 26.0. The molecule has 1 aliphatic heterocycles. The van der Waals surface area contributed by atoms with Crippen molar-refractivity contribution in [3.63, 3.8) is 0 Å². The van der Waals surface area contributed by atoms with Crippen LogP contribution < -0.4 is 24.5 Å². The maximum atomic E-state index is 13.7. The highest BCUT2D eigenvalue weighted by molar-refractivity contribution is 9.10. The van der Waals surface area contributed by atoms with E-state index in [-0.39, 0.29) is 12.2 Å². The number of allylic oxidation sites excluding steroid dienone is 1. The van der Waals surface area contributed by atoms with Gasteiger partial charge in [0.2, 0.25) is 0 Å². The predicted octanol–water partition coefficient (Wildman–Crippen LogP) is 4.01. The highest BCUT2D eigenvalue weighted by Gasteiger charge is 2.33. The van der Waals surface area contributed by atoms with Crippen molar-refractivity contribution in [1.29, 1.82) is 0 Å². The van der Waals surface area contributed by atoms with Gasteiger partial charge in [-0.1, -0.05) is 17.4 Å². The van der Waals surface area contributed by atoms with Crippen LogP contribution in [0.5, 0.6) is 5.75 Å². The van der Waals surface area contributed by atoms with E-state index in [2.05, 4.69) is 39.7 Å². The summed E-state index contributed by atoms with van der Waals surface area (Å²) in [6, 6.07) is 8.53. The van der Waals surface area contributed by atoms with E-state index in [0.717, 1.165) is 24.5 Å². The highest BCUT2D eigenvalue weighted by Crippen LogP contribution is 2.35. The van der Waals surface area contributed by atoms with Crippen molar-refractivity contribution >= 4 is 45.2 Å². The number of thiazole rings is 1. The number of benzene rings is 1. The average molecular weight is 574 g/mol. The Morgan fingerprint density at radius 3 is 2.64 bits per heavy atom. The Kier molecular flexibility index (Phi) is 7.85. The Morgan fingerprint density at radius 1 is 1.25 bits per heavy atom. The van der Waals surface area contributed by atoms with Crippen LogP contribution in [-0.2, 0) is 9.53 Å². The molecule has 3 aromatic rings. The lowest BCUT2D eigenvalue weighted by atomic mass is 9.96. The zero-order valence-electron chi connectivity index (χ0n) is 20.8. The highest BCUT2D eigenvalue weighted by atomic mass is 79.9. The van der Waals surface area contributed by atoms with Gasteiger partial charge in [-0.3, -0.25) is 9.36 Å². The summed E-state index contributed by atoms with van der Waals surface area (Å²) in [5, 5.41) is 0. The number of methoxy groups -OCH3 is 1. The fraction of sp³-hybridized carbons (Fsp3) is 0.346. The van der Waals surface area contributed by atoms with Crippen molar-refractivity contribution in [2.45, 2.75) is 33.7 Å². The molecule has 0 fully saturated rings. The minimum Gasteiger partial charge on any atom is -0.496 e. The molecular weight excluding hydrogens is 546 g/mol. The SMILES string of the molecule is CCOC(=O)C1=C(C)N=c2s/c(=C/c3ccc(N(CC)CC)o3)c(=O)n2[C@@H]1c1ccc(OC)c(Br)c1. The lowest BCUT2D eigenvalue weighted by Gasteiger charge is -2.25. The van der Waals surface area contributed by atoms with Crippen LogP contribution >= 0.6 is 27.3 Å². The third-order valence-electron chi connectivity index (χ3n) is 5.97. The standard InChI is InChI=1S/C26H28BrN3O5S/c1-6-29(7-2)21-12-10-17(35-21)14-20-24(31)30-23(16-9-11-19(33-5)18(27)13-16)22(25(32)34-8-3)15(4)28-26(30)36-20/h9-14,23H,6-8H2,1-5H3/b20-14+/t23-/m1/s1. The Bertz CT molecular complexity index is 1500. The molecule has 8 nitrogen and oxygen atoms in total. The number of carbonyl (C=O) groups is 1. The number of rotatable bonds is 8. The van der Waals surface area contributed by atoms with Crippen LogP contribution in [0.15, 0.2) is 60.3 Å². The Morgan fingerprint density at radius 2 is 2.00 bits per heavy atom. The number of hydrogen-bond donors (Lipinski definition) is 0. The summed E-state index contributed by atoms with van der Waals surface area (Å²) in [4.78, 5) is 33.9. The molecule has 0 spiro atoms. The van der Waals surface area contributed by atoms with E-state index in [9.17, 15) is 9.59 Å². The van der Waals surface area contributed by atoms with Gasteiger partial charge in [0.25, 0.3) is 5.56 Å². The summed E-state index contributed by atoms with van der Waals surface area (Å²) in [5.41, 5.74) is 1.31. The summed E-state index contributed by atoms with van der Waals surface area (Å²) in [6.45, 7) is 9.48. The third-order valence-corrected chi connectivity index (χ3v) is 7.57. The maximum Gasteiger partial charge on any atom is 0.338 e. The summed E-state index contributed by atoms with van der Waals surface area (Å²) >= 11 is 4.78. The molecular formula is C26H28BrN3O5S. The summed E-state index contributed by atoms with van der Waals surface area (Å²) in [7, 11) is 1.58. The number of hydrogen-bond acceptors (Lipinski definition) is 8. The lowest BCUT2D eigenvalue weighted by Crippen LogP contribution is -2.39. The Hall–Kier alpha value is -3.11. The zero-order valence-corrected chi connectivity index (χ0v) is 23.2. The van der Waals surface area contributed by atoms with E-state index in [1.54, 1.807) is 37.7 Å². The number of ether oxygens (including phenoxy) is 2. The second-order valence-electron chi connectivity index (χ2n) is 8.04. The summed E-state index contributed by atoms with van der Waals surface area (Å²) in [6.07, 6.45) is 1.72. The second kappa shape index (κ2) is 10.9. The molecule has 4 rings (SSSR count). The van der Waals surface area contributed by atoms with Gasteiger partial charge >= 0.3 is 5.97 Å². The van der Waals surface area contributed by atoms with Crippen molar-refractivity contribution in [3.8, 4) is 5.75 Å². The number of fused-ring (bicyclic) bond motifs is 1. The number of aromatic nitrogens is 1. The molecule has 0 bridgehead atoms. The van der Waals surface area contributed by atoms with Gasteiger partial charge in [-0.2, -0.15) is 0 Å². The number of esters is 1. The van der Waals surface area contributed by atoms with Crippen molar-refractivity contribution in [2.24, 2.45) is 4.99 Å². The number of nitrogens with zero attached hydrogens (tertiary/aromatic N) is 3. The molecule has 2 aromatic heterocycles. The number of halogens is 1. The Labute approximate surface area is 221 Å². The molecule has 10 heteroatoms. The third kappa shape index (κ3) is 4.79. The fourth-order valence-corrected chi connectivity index (χ4v) is 5.80. The van der Waals surface area contributed by atoms with Crippen LogP contribution in [0.4, 0.5) is 5.88 Å². The molecule has 0 N–H and O–H groups in total. The van der Waals surface area contributed by atoms with Gasteiger partial charge in [-0.25, -0.2) is 9.79 Å². The molecule has 1 atom stereocenters. The van der Waals surface area contributed by atoms with E-state index in [4.69, 9.17) is 13.9 Å². The van der Waals surface area contributed by atoms with Gasteiger partial charge in [-0.05, 0) is 67.4 Å². The lowest BCUT2D eigenvalue weighted by molar-refractivity contribution is -0.139. The molecule has 0 aliphatic carbocycles. The first-order chi connectivity index (χ1) is 17.3. The molecule has 3 heterocycles. The predicted molar refractivity (Wildman–Crippen MR) is 143 cm³/mol. The van der Waals surface area contributed by atoms with Gasteiger partial charge in [0.15, 0.2) is 10.7 Å². The van der Waals surface area contributed by atoms with Gasteiger partial charge in [-0.15, -0.1) is 0 Å². The summed E-state index contributed by atoms with van der Waals surface area (Å²) in [5.74, 6) is 1.47. The zero-order chi connectivity index (χ0) is 26.0. The van der Waals surface area contributed by atoms with E-state index >= 15 is 0 Å².